The van der Waals surface area contributed by atoms with Crippen molar-refractivity contribution in [1.29, 1.82) is 0 Å². The molecule has 1 aromatic carbocycles. The van der Waals surface area contributed by atoms with Gasteiger partial charge in [-0.05, 0) is 42.9 Å². The van der Waals surface area contributed by atoms with Crippen molar-refractivity contribution in [3.05, 3.63) is 55.9 Å². The Labute approximate surface area is 127 Å². The van der Waals surface area contributed by atoms with E-state index in [1.807, 2.05) is 19.1 Å². The summed E-state index contributed by atoms with van der Waals surface area (Å²) in [7, 11) is 0. The first-order valence-corrected chi connectivity index (χ1v) is 7.38. The Morgan fingerprint density at radius 3 is 2.70 bits per heavy atom. The van der Waals surface area contributed by atoms with Gasteiger partial charge in [-0.25, -0.2) is 0 Å². The number of halogens is 2. The molecule has 20 heavy (non-hydrogen) atoms. The van der Waals surface area contributed by atoms with Crippen LogP contribution in [0.15, 0.2) is 29.2 Å². The van der Waals surface area contributed by atoms with E-state index >= 15 is 0 Å². The van der Waals surface area contributed by atoms with Crippen molar-refractivity contribution in [3.8, 4) is 5.69 Å². The fourth-order valence-electron chi connectivity index (χ4n) is 2.62. The van der Waals surface area contributed by atoms with Crippen LogP contribution in [0.2, 0.25) is 10.0 Å². The highest BCUT2D eigenvalue weighted by molar-refractivity contribution is 6.41. The van der Waals surface area contributed by atoms with Crippen molar-refractivity contribution >= 4 is 23.2 Å². The second-order valence-electron chi connectivity index (χ2n) is 5.14. The van der Waals surface area contributed by atoms with Crippen LogP contribution >= 0.6 is 23.2 Å². The molecule has 0 radical (unpaired) electrons. The summed E-state index contributed by atoms with van der Waals surface area (Å²) in [6.07, 6.45) is 5.11. The number of nitrogens with zero attached hydrogens (tertiary/aromatic N) is 2. The number of rotatable bonds is 2. The quantitative estimate of drug-likeness (QED) is 0.836. The van der Waals surface area contributed by atoms with Gasteiger partial charge in [0.05, 0.1) is 16.9 Å². The van der Waals surface area contributed by atoms with E-state index in [0.29, 0.717) is 5.92 Å². The first kappa shape index (κ1) is 13.7. The second-order valence-corrected chi connectivity index (χ2v) is 5.93. The van der Waals surface area contributed by atoms with E-state index in [1.54, 1.807) is 0 Å². The minimum absolute atomic E-state index is 0.00936. The van der Waals surface area contributed by atoms with Crippen molar-refractivity contribution < 1.29 is 0 Å². The van der Waals surface area contributed by atoms with E-state index in [2.05, 4.69) is 11.2 Å². The lowest BCUT2D eigenvalue weighted by atomic mass is 9.78. The molecule has 5 heteroatoms. The molecule has 0 bridgehead atoms. The number of hydrogen-bond acceptors (Lipinski definition) is 2. The third-order valence-electron chi connectivity index (χ3n) is 4.00. The van der Waals surface area contributed by atoms with Gasteiger partial charge in [-0.1, -0.05) is 41.8 Å². The Hall–Kier alpha value is -1.32. The van der Waals surface area contributed by atoms with Crippen LogP contribution in [0.1, 0.15) is 36.3 Å². The van der Waals surface area contributed by atoms with Crippen LogP contribution in [0, 0.1) is 6.92 Å². The molecule has 1 aliphatic carbocycles. The van der Waals surface area contributed by atoms with Crippen LogP contribution in [-0.4, -0.2) is 9.78 Å². The van der Waals surface area contributed by atoms with Crippen LogP contribution in [0.3, 0.4) is 0 Å². The van der Waals surface area contributed by atoms with E-state index in [4.69, 9.17) is 23.2 Å². The number of hydrogen-bond donors (Lipinski definition) is 0. The Kier molecular flexibility index (Phi) is 3.57. The molecule has 0 atom stereocenters. The zero-order valence-electron chi connectivity index (χ0n) is 11.1. The lowest BCUT2D eigenvalue weighted by Crippen LogP contribution is -2.23. The first-order chi connectivity index (χ1) is 9.59. The molecule has 1 saturated carbocycles. The Morgan fingerprint density at radius 1 is 1.30 bits per heavy atom. The summed E-state index contributed by atoms with van der Waals surface area (Å²) in [6, 6.07) is 5.98. The summed E-state index contributed by atoms with van der Waals surface area (Å²) < 4.78 is 1.33. The molecule has 1 heterocycles. The molecule has 0 unspecified atom stereocenters. The van der Waals surface area contributed by atoms with Gasteiger partial charge in [0.15, 0.2) is 0 Å². The molecule has 3 nitrogen and oxygen atoms in total. The monoisotopic (exact) mass is 308 g/mol. The fourth-order valence-corrected chi connectivity index (χ4v) is 2.87. The summed E-state index contributed by atoms with van der Waals surface area (Å²) in [5.41, 5.74) is 2.78. The Balaban J connectivity index is 2.15. The van der Waals surface area contributed by atoms with Crippen molar-refractivity contribution in [3.63, 3.8) is 0 Å². The van der Waals surface area contributed by atoms with Gasteiger partial charge in [0, 0.05) is 0 Å². The normalized spacial score (nSPS) is 15.2. The molecule has 0 aliphatic heterocycles. The highest BCUT2D eigenvalue weighted by Crippen LogP contribution is 2.38. The standard InChI is InChI=1S/C15H14Cl2N2O/c1-9-11(10-4-2-5-10)6-3-7-13(9)19-15(20)14(17)12(16)8-18-19/h3,6-8,10H,2,4-5H2,1H3. The van der Waals surface area contributed by atoms with Crippen molar-refractivity contribution in [2.45, 2.75) is 32.1 Å². The lowest BCUT2D eigenvalue weighted by molar-refractivity contribution is 0.418. The zero-order chi connectivity index (χ0) is 14.3. The minimum atomic E-state index is -0.381. The molecule has 1 aromatic heterocycles. The molecule has 104 valence electrons. The maximum Gasteiger partial charge on any atom is 0.291 e. The fraction of sp³-hybridized carbons (Fsp3) is 0.333. The van der Waals surface area contributed by atoms with Gasteiger partial charge < -0.3 is 0 Å². The third kappa shape index (κ3) is 2.15. The highest BCUT2D eigenvalue weighted by Gasteiger charge is 2.22. The summed E-state index contributed by atoms with van der Waals surface area (Å²) in [5, 5.41) is 4.29. The molecular weight excluding hydrogens is 295 g/mol. The van der Waals surface area contributed by atoms with Crippen LogP contribution in [0.25, 0.3) is 5.69 Å². The molecule has 1 aliphatic rings. The van der Waals surface area contributed by atoms with Gasteiger partial charge >= 0.3 is 0 Å². The Bertz CT molecular complexity index is 720. The molecule has 0 spiro atoms. The Morgan fingerprint density at radius 2 is 2.05 bits per heavy atom. The largest absolute Gasteiger partial charge is 0.291 e. The van der Waals surface area contributed by atoms with E-state index < -0.39 is 0 Å². The van der Waals surface area contributed by atoms with Crippen LogP contribution in [0.5, 0.6) is 0 Å². The SMILES string of the molecule is Cc1c(C2CCC2)cccc1-n1ncc(Cl)c(Cl)c1=O. The van der Waals surface area contributed by atoms with Crippen LogP contribution in [0.4, 0.5) is 0 Å². The molecule has 0 amide bonds. The van der Waals surface area contributed by atoms with Crippen LogP contribution < -0.4 is 5.56 Å². The van der Waals surface area contributed by atoms with Gasteiger partial charge in [-0.3, -0.25) is 4.79 Å². The second kappa shape index (κ2) is 5.23. The number of aromatic nitrogens is 2. The molecule has 2 aromatic rings. The van der Waals surface area contributed by atoms with Crippen molar-refractivity contribution in [2.24, 2.45) is 0 Å². The zero-order valence-corrected chi connectivity index (χ0v) is 12.6. The van der Waals surface area contributed by atoms with Gasteiger partial charge in [-0.15, -0.1) is 0 Å². The van der Waals surface area contributed by atoms with Crippen LogP contribution in [-0.2, 0) is 0 Å². The first-order valence-electron chi connectivity index (χ1n) is 6.63. The number of benzene rings is 1. The smallest absolute Gasteiger partial charge is 0.266 e. The molecular formula is C15H14Cl2N2O. The average Bonchev–Trinajstić information content (AvgIpc) is 2.37. The van der Waals surface area contributed by atoms with Gasteiger partial charge in [0.2, 0.25) is 0 Å². The van der Waals surface area contributed by atoms with E-state index in [0.717, 1.165) is 11.3 Å². The van der Waals surface area contributed by atoms with Gasteiger partial charge in [0.1, 0.15) is 5.02 Å². The predicted octanol–water partition coefficient (Wildman–Crippen LogP) is 4.12. The molecule has 0 saturated heterocycles. The molecule has 3 rings (SSSR count). The maximum atomic E-state index is 12.2. The maximum absolute atomic E-state index is 12.2. The highest BCUT2D eigenvalue weighted by atomic mass is 35.5. The van der Waals surface area contributed by atoms with E-state index in [9.17, 15) is 4.79 Å². The minimum Gasteiger partial charge on any atom is -0.266 e. The predicted molar refractivity (Wildman–Crippen MR) is 81.2 cm³/mol. The van der Waals surface area contributed by atoms with Gasteiger partial charge in [-0.2, -0.15) is 9.78 Å². The molecule has 0 N–H and O–H groups in total. The summed E-state index contributed by atoms with van der Waals surface area (Å²) in [5.74, 6) is 0.605. The van der Waals surface area contributed by atoms with Crippen molar-refractivity contribution in [2.75, 3.05) is 0 Å². The van der Waals surface area contributed by atoms with E-state index in [1.165, 1.54) is 35.7 Å². The van der Waals surface area contributed by atoms with Gasteiger partial charge in [0.25, 0.3) is 5.56 Å². The summed E-state index contributed by atoms with van der Waals surface area (Å²) in [6.45, 7) is 2.03. The van der Waals surface area contributed by atoms with Crippen molar-refractivity contribution in [1.82, 2.24) is 9.78 Å². The summed E-state index contributed by atoms with van der Waals surface area (Å²) >= 11 is 11.7. The topological polar surface area (TPSA) is 34.9 Å². The lowest BCUT2D eigenvalue weighted by Gasteiger charge is -2.28. The third-order valence-corrected chi connectivity index (χ3v) is 4.75. The average molecular weight is 309 g/mol. The molecule has 1 fully saturated rings. The summed E-state index contributed by atoms with van der Waals surface area (Å²) in [4.78, 5) is 12.2. The van der Waals surface area contributed by atoms with E-state index in [-0.39, 0.29) is 15.6 Å².